The number of nitriles is 1. The van der Waals surface area contributed by atoms with E-state index in [0.717, 1.165) is 0 Å². The van der Waals surface area contributed by atoms with Gasteiger partial charge in [-0.25, -0.2) is 0 Å². The number of hydrogen-bond acceptors (Lipinski definition) is 4. The highest BCUT2D eigenvalue weighted by Gasteiger charge is 2.17. The Morgan fingerprint density at radius 1 is 1.28 bits per heavy atom. The van der Waals surface area contributed by atoms with Crippen LogP contribution >= 0.6 is 11.6 Å². The first-order chi connectivity index (χ1) is 11.9. The van der Waals surface area contributed by atoms with Gasteiger partial charge >= 0.3 is 0 Å². The van der Waals surface area contributed by atoms with Gasteiger partial charge in [0, 0.05) is 17.6 Å². The molecule has 0 aromatic heterocycles. The quantitative estimate of drug-likeness (QED) is 0.890. The number of nitrogens with one attached hydrogen (secondary N) is 1. The van der Waals surface area contributed by atoms with E-state index < -0.39 is 5.91 Å². The van der Waals surface area contributed by atoms with Crippen LogP contribution in [-0.4, -0.2) is 25.5 Å². The molecule has 128 valence electrons. The summed E-state index contributed by atoms with van der Waals surface area (Å²) in [5.74, 6) is -0.278. The number of ether oxygens (including phenoxy) is 1. The van der Waals surface area contributed by atoms with Crippen LogP contribution in [0, 0.1) is 11.3 Å². The molecule has 0 spiro atoms. The van der Waals surface area contributed by atoms with Crippen LogP contribution in [0.2, 0.25) is 5.02 Å². The average molecular weight is 358 g/mol. The first-order valence-electron chi connectivity index (χ1n) is 7.36. The zero-order valence-corrected chi connectivity index (χ0v) is 14.5. The molecule has 7 heteroatoms. The molecule has 0 radical (unpaired) electrons. The van der Waals surface area contributed by atoms with Gasteiger partial charge in [0.05, 0.1) is 24.4 Å². The van der Waals surface area contributed by atoms with Crippen LogP contribution in [0.25, 0.3) is 0 Å². The summed E-state index contributed by atoms with van der Waals surface area (Å²) >= 11 is 5.94. The second-order valence-corrected chi connectivity index (χ2v) is 5.60. The first kappa shape index (κ1) is 18.3. The standard InChI is InChI=1S/C18H16ClN3O3/c1-12(23)22(15-5-3-4-13(8-15)10-20)11-18(24)21-16-9-14(19)6-7-17(16)25-2/h3-9H,11H2,1-2H3,(H,21,24). The van der Waals surface area contributed by atoms with Gasteiger partial charge in [0.2, 0.25) is 11.8 Å². The summed E-state index contributed by atoms with van der Waals surface area (Å²) in [7, 11) is 1.48. The Morgan fingerprint density at radius 2 is 2.04 bits per heavy atom. The maximum Gasteiger partial charge on any atom is 0.244 e. The summed E-state index contributed by atoms with van der Waals surface area (Å²) in [5, 5.41) is 12.1. The van der Waals surface area contributed by atoms with E-state index in [2.05, 4.69) is 5.32 Å². The third kappa shape index (κ3) is 4.72. The number of carbonyl (C=O) groups excluding carboxylic acids is 2. The highest BCUT2D eigenvalue weighted by atomic mass is 35.5. The number of nitrogens with zero attached hydrogens (tertiary/aromatic N) is 2. The van der Waals surface area contributed by atoms with Gasteiger partial charge in [-0.15, -0.1) is 0 Å². The van der Waals surface area contributed by atoms with Crippen molar-refractivity contribution in [1.29, 1.82) is 5.26 Å². The van der Waals surface area contributed by atoms with Gasteiger partial charge in [0.15, 0.2) is 0 Å². The Kier molecular flexibility index (Phi) is 5.98. The molecule has 0 aliphatic heterocycles. The van der Waals surface area contributed by atoms with E-state index in [-0.39, 0.29) is 12.5 Å². The van der Waals surface area contributed by atoms with Gasteiger partial charge in [0.1, 0.15) is 12.3 Å². The van der Waals surface area contributed by atoms with E-state index in [9.17, 15) is 9.59 Å². The molecule has 0 bridgehead atoms. The minimum absolute atomic E-state index is 0.208. The largest absolute Gasteiger partial charge is 0.495 e. The van der Waals surface area contributed by atoms with Crippen molar-refractivity contribution < 1.29 is 14.3 Å². The first-order valence-corrected chi connectivity index (χ1v) is 7.74. The molecule has 1 N–H and O–H groups in total. The number of anilines is 2. The lowest BCUT2D eigenvalue weighted by atomic mass is 10.2. The van der Waals surface area contributed by atoms with Gasteiger partial charge in [-0.3, -0.25) is 9.59 Å². The van der Waals surface area contributed by atoms with Gasteiger partial charge < -0.3 is 15.0 Å². The molecule has 0 unspecified atom stereocenters. The number of rotatable bonds is 5. The van der Waals surface area contributed by atoms with Crippen LogP contribution < -0.4 is 15.0 Å². The van der Waals surface area contributed by atoms with E-state index in [1.54, 1.807) is 42.5 Å². The molecule has 25 heavy (non-hydrogen) atoms. The van der Waals surface area contributed by atoms with E-state index >= 15 is 0 Å². The summed E-state index contributed by atoms with van der Waals surface area (Å²) in [6.45, 7) is 1.15. The Labute approximate surface area is 150 Å². The van der Waals surface area contributed by atoms with Crippen molar-refractivity contribution in [2.24, 2.45) is 0 Å². The third-order valence-electron chi connectivity index (χ3n) is 3.40. The Bertz CT molecular complexity index is 846. The molecule has 2 aromatic carbocycles. The molecule has 2 rings (SSSR count). The molecule has 2 amide bonds. The molecule has 0 heterocycles. The van der Waals surface area contributed by atoms with Crippen molar-refractivity contribution in [2.45, 2.75) is 6.92 Å². The summed E-state index contributed by atoms with van der Waals surface area (Å²) in [5.41, 5.74) is 1.29. The molecular formula is C18H16ClN3O3. The normalized spacial score (nSPS) is 9.84. The Morgan fingerprint density at radius 3 is 2.68 bits per heavy atom. The Hall–Kier alpha value is -3.04. The summed E-state index contributed by atoms with van der Waals surface area (Å²) in [6, 6.07) is 13.3. The highest BCUT2D eigenvalue weighted by molar-refractivity contribution is 6.31. The zero-order valence-electron chi connectivity index (χ0n) is 13.7. The topological polar surface area (TPSA) is 82.4 Å². The molecule has 0 fully saturated rings. The van der Waals surface area contributed by atoms with Gasteiger partial charge in [0.25, 0.3) is 0 Å². The molecule has 2 aromatic rings. The fourth-order valence-corrected chi connectivity index (χ4v) is 2.41. The molecular weight excluding hydrogens is 342 g/mol. The van der Waals surface area contributed by atoms with Crippen molar-refractivity contribution in [2.75, 3.05) is 23.9 Å². The lowest BCUT2D eigenvalue weighted by Crippen LogP contribution is -2.36. The number of amides is 2. The number of carbonyl (C=O) groups is 2. The van der Waals surface area contributed by atoms with Gasteiger partial charge in [-0.05, 0) is 36.4 Å². The smallest absolute Gasteiger partial charge is 0.244 e. The SMILES string of the molecule is COc1ccc(Cl)cc1NC(=O)CN(C(C)=O)c1cccc(C#N)c1. The van der Waals surface area contributed by atoms with E-state index in [4.69, 9.17) is 21.6 Å². The van der Waals surface area contributed by atoms with Gasteiger partial charge in [-0.1, -0.05) is 17.7 Å². The second kappa shape index (κ2) is 8.18. The molecule has 6 nitrogen and oxygen atoms in total. The van der Waals surface area contributed by atoms with Crippen molar-refractivity contribution >= 4 is 34.8 Å². The van der Waals surface area contributed by atoms with Crippen molar-refractivity contribution in [1.82, 2.24) is 0 Å². The number of halogens is 1. The second-order valence-electron chi connectivity index (χ2n) is 5.16. The lowest BCUT2D eigenvalue weighted by molar-refractivity contribution is -0.120. The minimum atomic E-state index is -0.418. The predicted molar refractivity (Wildman–Crippen MR) is 95.8 cm³/mol. The lowest BCUT2D eigenvalue weighted by Gasteiger charge is -2.21. The highest BCUT2D eigenvalue weighted by Crippen LogP contribution is 2.27. The summed E-state index contributed by atoms with van der Waals surface area (Å²) < 4.78 is 5.18. The van der Waals surface area contributed by atoms with E-state index in [1.165, 1.54) is 18.9 Å². The maximum absolute atomic E-state index is 12.4. The molecule has 0 saturated carbocycles. The van der Waals surface area contributed by atoms with Crippen LogP contribution in [0.4, 0.5) is 11.4 Å². The van der Waals surface area contributed by atoms with Crippen LogP contribution in [0.15, 0.2) is 42.5 Å². The Balaban J connectivity index is 2.20. The fourth-order valence-electron chi connectivity index (χ4n) is 2.24. The monoisotopic (exact) mass is 357 g/mol. The van der Waals surface area contributed by atoms with Crippen LogP contribution in [-0.2, 0) is 9.59 Å². The summed E-state index contributed by atoms with van der Waals surface area (Å²) in [4.78, 5) is 25.6. The number of hydrogen-bond donors (Lipinski definition) is 1. The van der Waals surface area contributed by atoms with Crippen molar-refractivity contribution in [3.05, 3.63) is 53.1 Å². The van der Waals surface area contributed by atoms with Gasteiger partial charge in [-0.2, -0.15) is 5.26 Å². The van der Waals surface area contributed by atoms with E-state index in [1.807, 2.05) is 6.07 Å². The minimum Gasteiger partial charge on any atom is -0.495 e. The third-order valence-corrected chi connectivity index (χ3v) is 3.64. The van der Waals surface area contributed by atoms with Crippen LogP contribution in [0.1, 0.15) is 12.5 Å². The number of benzene rings is 2. The fraction of sp³-hybridized carbons (Fsp3) is 0.167. The van der Waals surface area contributed by atoms with Crippen molar-refractivity contribution in [3.63, 3.8) is 0 Å². The zero-order chi connectivity index (χ0) is 18.4. The maximum atomic E-state index is 12.4. The predicted octanol–water partition coefficient (Wildman–Crippen LogP) is 3.21. The molecule has 0 atom stereocenters. The summed E-state index contributed by atoms with van der Waals surface area (Å²) in [6.07, 6.45) is 0. The van der Waals surface area contributed by atoms with Crippen molar-refractivity contribution in [3.8, 4) is 11.8 Å². The number of methoxy groups -OCH3 is 1. The van der Waals surface area contributed by atoms with E-state index in [0.29, 0.717) is 27.7 Å². The van der Waals surface area contributed by atoms with Crippen LogP contribution in [0.3, 0.4) is 0 Å². The average Bonchev–Trinajstić information content (AvgIpc) is 2.59. The molecule has 0 saturated heterocycles. The molecule has 0 aliphatic rings. The van der Waals surface area contributed by atoms with Crippen LogP contribution in [0.5, 0.6) is 5.75 Å². The molecule has 0 aliphatic carbocycles.